The van der Waals surface area contributed by atoms with Crippen molar-refractivity contribution in [3.63, 3.8) is 0 Å². The van der Waals surface area contributed by atoms with Crippen LogP contribution in [0.15, 0.2) is 70.7 Å². The first-order chi connectivity index (χ1) is 14.4. The van der Waals surface area contributed by atoms with Crippen molar-refractivity contribution in [2.45, 2.75) is 20.3 Å². The first-order valence-corrected chi connectivity index (χ1v) is 10.6. The Balaban J connectivity index is 1.94. The summed E-state index contributed by atoms with van der Waals surface area (Å²) >= 11 is 9.78. The number of rotatable bonds is 5. The van der Waals surface area contributed by atoms with Crippen molar-refractivity contribution in [3.05, 3.63) is 104 Å². The zero-order valence-corrected chi connectivity index (χ0v) is 19.0. The van der Waals surface area contributed by atoms with Gasteiger partial charge in [0.1, 0.15) is 11.6 Å². The fourth-order valence-corrected chi connectivity index (χ4v) is 3.69. The van der Waals surface area contributed by atoms with Crippen LogP contribution in [0.2, 0.25) is 5.02 Å². The minimum absolute atomic E-state index is 0.0200. The lowest BCUT2D eigenvalue weighted by atomic mass is 9.98. The summed E-state index contributed by atoms with van der Waals surface area (Å²) in [6, 6.07) is 21.2. The van der Waals surface area contributed by atoms with E-state index >= 15 is 0 Å². The second-order valence-corrected chi connectivity index (χ2v) is 8.27. The molecule has 1 amide bonds. The summed E-state index contributed by atoms with van der Waals surface area (Å²) in [5.74, 6) is -0.446. The molecule has 0 bridgehead atoms. The topological polar surface area (TPSA) is 52.9 Å². The first-order valence-electron chi connectivity index (χ1n) is 9.40. The number of aryl methyl sites for hydroxylation is 1. The molecule has 0 aliphatic carbocycles. The van der Waals surface area contributed by atoms with E-state index in [2.05, 4.69) is 21.2 Å². The van der Waals surface area contributed by atoms with Gasteiger partial charge in [-0.3, -0.25) is 4.79 Å². The van der Waals surface area contributed by atoms with Crippen LogP contribution in [0.5, 0.6) is 0 Å². The van der Waals surface area contributed by atoms with Gasteiger partial charge in [0.05, 0.1) is 0 Å². The second kappa shape index (κ2) is 9.75. The van der Waals surface area contributed by atoms with E-state index in [1.54, 1.807) is 12.1 Å². The third-order valence-electron chi connectivity index (χ3n) is 4.96. The first kappa shape index (κ1) is 21.8. The highest BCUT2D eigenvalue weighted by atomic mass is 79.9. The molecule has 3 aromatic carbocycles. The number of anilines is 1. The van der Waals surface area contributed by atoms with Gasteiger partial charge in [0.2, 0.25) is 0 Å². The molecule has 0 aromatic heterocycles. The normalized spacial score (nSPS) is 11.1. The Morgan fingerprint density at radius 3 is 2.60 bits per heavy atom. The molecule has 0 aliphatic heterocycles. The van der Waals surface area contributed by atoms with Gasteiger partial charge in [-0.25, -0.2) is 0 Å². The van der Waals surface area contributed by atoms with E-state index in [9.17, 15) is 10.1 Å². The number of halogens is 2. The Morgan fingerprint density at radius 1 is 1.10 bits per heavy atom. The van der Waals surface area contributed by atoms with Crippen molar-refractivity contribution in [2.75, 3.05) is 5.32 Å². The second-order valence-electron chi connectivity index (χ2n) is 6.98. The van der Waals surface area contributed by atoms with Gasteiger partial charge in [-0.15, -0.1) is 0 Å². The lowest BCUT2D eigenvalue weighted by Gasteiger charge is -2.11. The van der Waals surface area contributed by atoms with Gasteiger partial charge in [0.15, 0.2) is 0 Å². The largest absolute Gasteiger partial charge is 0.321 e. The van der Waals surface area contributed by atoms with Crippen LogP contribution >= 0.6 is 27.5 Å². The van der Waals surface area contributed by atoms with Gasteiger partial charge < -0.3 is 5.32 Å². The fraction of sp³-hybridized carbons (Fsp3) is 0.120. The Labute approximate surface area is 190 Å². The van der Waals surface area contributed by atoms with E-state index < -0.39 is 5.91 Å². The molecule has 3 aromatic rings. The molecule has 0 saturated carbocycles. The molecule has 1 N–H and O–H groups in total. The summed E-state index contributed by atoms with van der Waals surface area (Å²) in [5.41, 5.74) is 5.57. The number of nitrogens with one attached hydrogen (secondary N) is 1. The van der Waals surface area contributed by atoms with Gasteiger partial charge in [0.25, 0.3) is 5.91 Å². The van der Waals surface area contributed by atoms with Crippen LogP contribution in [-0.4, -0.2) is 5.91 Å². The fourth-order valence-electron chi connectivity index (χ4n) is 3.09. The smallest absolute Gasteiger partial charge is 0.266 e. The third kappa shape index (κ3) is 5.18. The predicted molar refractivity (Wildman–Crippen MR) is 127 cm³/mol. The van der Waals surface area contributed by atoms with Gasteiger partial charge >= 0.3 is 0 Å². The Hall–Kier alpha value is -2.87. The van der Waals surface area contributed by atoms with Crippen molar-refractivity contribution in [1.29, 1.82) is 5.26 Å². The molecule has 0 radical (unpaired) electrons. The van der Waals surface area contributed by atoms with Gasteiger partial charge in [-0.2, -0.15) is 5.26 Å². The maximum atomic E-state index is 12.8. The molecule has 3 nitrogen and oxygen atoms in total. The number of nitrogens with zero attached hydrogens (tertiary/aromatic N) is 1. The van der Waals surface area contributed by atoms with Crippen LogP contribution < -0.4 is 5.32 Å². The van der Waals surface area contributed by atoms with Crippen LogP contribution in [0, 0.1) is 25.2 Å². The molecule has 0 saturated heterocycles. The minimum atomic E-state index is -0.446. The lowest BCUT2D eigenvalue weighted by Crippen LogP contribution is -2.14. The van der Waals surface area contributed by atoms with Gasteiger partial charge in [-0.1, -0.05) is 63.9 Å². The number of hydrogen-bond acceptors (Lipinski definition) is 2. The Morgan fingerprint density at radius 2 is 1.87 bits per heavy atom. The van der Waals surface area contributed by atoms with E-state index in [0.29, 0.717) is 17.1 Å². The number of carbonyl (C=O) groups excluding carboxylic acids is 1. The van der Waals surface area contributed by atoms with Crippen LogP contribution in [0.25, 0.3) is 6.08 Å². The summed E-state index contributed by atoms with van der Waals surface area (Å²) in [6.45, 7) is 3.92. The average Bonchev–Trinajstić information content (AvgIpc) is 2.72. The lowest BCUT2D eigenvalue weighted by molar-refractivity contribution is -0.112. The van der Waals surface area contributed by atoms with E-state index in [4.69, 9.17) is 11.6 Å². The monoisotopic (exact) mass is 478 g/mol. The van der Waals surface area contributed by atoms with Crippen LogP contribution in [0.4, 0.5) is 5.69 Å². The van der Waals surface area contributed by atoms with E-state index in [1.165, 1.54) is 0 Å². The minimum Gasteiger partial charge on any atom is -0.321 e. The highest BCUT2D eigenvalue weighted by Crippen LogP contribution is 2.26. The molecule has 0 spiro atoms. The summed E-state index contributed by atoms with van der Waals surface area (Å²) in [6.07, 6.45) is 2.24. The summed E-state index contributed by atoms with van der Waals surface area (Å²) < 4.78 is 1.00. The highest BCUT2D eigenvalue weighted by Gasteiger charge is 2.13. The van der Waals surface area contributed by atoms with Crippen molar-refractivity contribution in [2.24, 2.45) is 0 Å². The summed E-state index contributed by atoms with van der Waals surface area (Å²) in [5, 5.41) is 13.0. The van der Waals surface area contributed by atoms with E-state index in [-0.39, 0.29) is 5.57 Å². The summed E-state index contributed by atoms with van der Waals surface area (Å²) in [7, 11) is 0. The Bertz CT molecular complexity index is 1180. The molecule has 3 rings (SSSR count). The number of carbonyl (C=O) groups is 1. The molecule has 0 unspecified atom stereocenters. The maximum absolute atomic E-state index is 12.8. The number of benzene rings is 3. The zero-order valence-electron chi connectivity index (χ0n) is 16.7. The van der Waals surface area contributed by atoms with Gasteiger partial charge in [-0.05, 0) is 78.4 Å². The standard InChI is InChI=1S/C25H20BrClN2O/c1-16-6-5-9-24(17(16)2)29-25(30)21(15-28)13-20-14-22(27)11-10-18(20)12-19-7-3-4-8-23(19)26/h3-11,13-14H,12H2,1-2H3,(H,29,30)/b21-13+. The van der Waals surface area contributed by atoms with E-state index in [0.717, 1.165) is 32.3 Å². The van der Waals surface area contributed by atoms with Crippen LogP contribution in [0.1, 0.15) is 27.8 Å². The molecule has 5 heteroatoms. The average molecular weight is 480 g/mol. The summed E-state index contributed by atoms with van der Waals surface area (Å²) in [4.78, 5) is 12.8. The van der Waals surface area contributed by atoms with Crippen molar-refractivity contribution in [3.8, 4) is 6.07 Å². The maximum Gasteiger partial charge on any atom is 0.266 e. The molecular weight excluding hydrogens is 460 g/mol. The molecule has 0 fully saturated rings. The molecule has 0 aliphatic rings. The van der Waals surface area contributed by atoms with Gasteiger partial charge in [0, 0.05) is 15.2 Å². The quantitative estimate of drug-likeness (QED) is 0.321. The van der Waals surface area contributed by atoms with Crippen LogP contribution in [-0.2, 0) is 11.2 Å². The molecular formula is C25H20BrClN2O. The molecule has 150 valence electrons. The molecule has 0 atom stereocenters. The predicted octanol–water partition coefficient (Wildman–Crippen LogP) is 6.86. The number of nitriles is 1. The van der Waals surface area contributed by atoms with Crippen molar-refractivity contribution in [1.82, 2.24) is 0 Å². The van der Waals surface area contributed by atoms with Crippen LogP contribution in [0.3, 0.4) is 0 Å². The highest BCUT2D eigenvalue weighted by molar-refractivity contribution is 9.10. The third-order valence-corrected chi connectivity index (χ3v) is 5.97. The number of hydrogen-bond donors (Lipinski definition) is 1. The van der Waals surface area contributed by atoms with E-state index in [1.807, 2.05) is 74.5 Å². The SMILES string of the molecule is Cc1cccc(NC(=O)/C(C#N)=C/c2cc(Cl)ccc2Cc2ccccc2Br)c1C. The zero-order chi connectivity index (χ0) is 21.7. The number of amides is 1. The van der Waals surface area contributed by atoms with Crippen molar-refractivity contribution >= 4 is 45.2 Å². The Kier molecular flexibility index (Phi) is 7.10. The molecule has 0 heterocycles. The molecule has 30 heavy (non-hydrogen) atoms. The van der Waals surface area contributed by atoms with Crippen molar-refractivity contribution < 1.29 is 4.79 Å².